The largest absolute Gasteiger partial charge is 0.357 e. The maximum atomic E-state index is 15.3. The van der Waals surface area contributed by atoms with Crippen molar-refractivity contribution in [2.45, 2.75) is 46.1 Å². The number of para-hydroxylation sites is 1. The molecule has 0 amide bonds. The van der Waals surface area contributed by atoms with E-state index < -0.39 is 17.7 Å². The number of aromatic amines is 1. The van der Waals surface area contributed by atoms with Crippen LogP contribution in [0.1, 0.15) is 55.6 Å². The molecule has 2 nitrogen and oxygen atoms in total. The lowest BCUT2D eigenvalue weighted by atomic mass is 9.89. The minimum absolute atomic E-state index is 0.147. The van der Waals surface area contributed by atoms with Gasteiger partial charge in [0.25, 0.3) is 0 Å². The molecule has 2 atom stereocenters. The van der Waals surface area contributed by atoms with Crippen LogP contribution in [0.25, 0.3) is 10.9 Å². The summed E-state index contributed by atoms with van der Waals surface area (Å²) in [5, 5.41) is 1.15. The molecule has 0 saturated carbocycles. The second-order valence-electron chi connectivity index (χ2n) is 8.45. The van der Waals surface area contributed by atoms with E-state index in [0.29, 0.717) is 12.0 Å². The van der Waals surface area contributed by atoms with Crippen LogP contribution in [0, 0.1) is 17.6 Å². The predicted molar refractivity (Wildman–Crippen MR) is 120 cm³/mol. The lowest BCUT2D eigenvalue weighted by Crippen LogP contribution is -2.40. The molecule has 0 bridgehead atoms. The van der Waals surface area contributed by atoms with Crippen molar-refractivity contribution >= 4 is 10.9 Å². The highest BCUT2D eigenvalue weighted by Gasteiger charge is 2.36. The van der Waals surface area contributed by atoms with Gasteiger partial charge in [-0.1, -0.05) is 51.1 Å². The molecule has 2 heterocycles. The van der Waals surface area contributed by atoms with Crippen LogP contribution in [-0.4, -0.2) is 23.0 Å². The minimum atomic E-state index is -0.473. The number of halogens is 2. The van der Waals surface area contributed by atoms with E-state index in [0.717, 1.165) is 42.5 Å². The number of nitrogens with one attached hydrogen (secondary N) is 1. The van der Waals surface area contributed by atoms with Crippen LogP contribution in [0.3, 0.4) is 0 Å². The third-order valence-electron chi connectivity index (χ3n) is 6.61. The topological polar surface area (TPSA) is 19.0 Å². The summed E-state index contributed by atoms with van der Waals surface area (Å²) in [5.41, 5.74) is 5.10. The summed E-state index contributed by atoms with van der Waals surface area (Å²) in [6, 6.07) is 10.6. The van der Waals surface area contributed by atoms with Crippen molar-refractivity contribution in [3.05, 3.63) is 82.6 Å². The van der Waals surface area contributed by atoms with E-state index in [4.69, 9.17) is 0 Å². The molecule has 0 aliphatic carbocycles. The lowest BCUT2D eigenvalue weighted by molar-refractivity contribution is 0.184. The summed E-state index contributed by atoms with van der Waals surface area (Å²) in [7, 11) is 0. The minimum Gasteiger partial charge on any atom is -0.357 e. The summed E-state index contributed by atoms with van der Waals surface area (Å²) >= 11 is 0. The fourth-order valence-electron chi connectivity index (χ4n) is 4.75. The van der Waals surface area contributed by atoms with Gasteiger partial charge in [-0.2, -0.15) is 0 Å². The molecule has 4 heteroatoms. The highest BCUT2D eigenvalue weighted by Crippen LogP contribution is 2.41. The molecule has 0 radical (unpaired) electrons. The molecule has 158 valence electrons. The van der Waals surface area contributed by atoms with Crippen molar-refractivity contribution in [1.29, 1.82) is 0 Å². The van der Waals surface area contributed by atoms with Gasteiger partial charge in [-0.3, -0.25) is 4.90 Å². The first-order valence-corrected chi connectivity index (χ1v) is 10.9. The second-order valence-corrected chi connectivity index (χ2v) is 8.45. The van der Waals surface area contributed by atoms with Crippen molar-refractivity contribution in [1.82, 2.24) is 9.88 Å². The molecule has 30 heavy (non-hydrogen) atoms. The lowest BCUT2D eigenvalue weighted by Gasteiger charge is -2.38. The molecular formula is C26H30F2N2. The van der Waals surface area contributed by atoms with Crippen molar-refractivity contribution < 1.29 is 8.78 Å². The van der Waals surface area contributed by atoms with Gasteiger partial charge in [0.1, 0.15) is 11.6 Å². The Labute approximate surface area is 177 Å². The van der Waals surface area contributed by atoms with Crippen LogP contribution in [-0.2, 0) is 12.8 Å². The number of fused-ring (bicyclic) bond motifs is 3. The van der Waals surface area contributed by atoms with Crippen LogP contribution in [0.15, 0.2) is 48.6 Å². The van der Waals surface area contributed by atoms with Gasteiger partial charge in [-0.25, -0.2) is 8.78 Å². The van der Waals surface area contributed by atoms with Gasteiger partial charge in [0.05, 0.1) is 6.04 Å². The number of benzene rings is 2. The number of aromatic nitrogens is 1. The Balaban J connectivity index is 1.86. The molecule has 1 aliphatic heterocycles. The molecule has 1 aromatic heterocycles. The van der Waals surface area contributed by atoms with Gasteiger partial charge in [0.2, 0.25) is 0 Å². The average molecular weight is 409 g/mol. The Morgan fingerprint density at radius 3 is 2.57 bits per heavy atom. The monoisotopic (exact) mass is 408 g/mol. The summed E-state index contributed by atoms with van der Waals surface area (Å²) < 4.78 is 30.5. The quantitative estimate of drug-likeness (QED) is 0.458. The molecule has 0 spiro atoms. The van der Waals surface area contributed by atoms with Crippen LogP contribution in [0.5, 0.6) is 0 Å². The van der Waals surface area contributed by atoms with Gasteiger partial charge in [-0.15, -0.1) is 0 Å². The maximum Gasteiger partial charge on any atom is 0.131 e. The van der Waals surface area contributed by atoms with Gasteiger partial charge in [-0.05, 0) is 54.5 Å². The number of H-pyrrole nitrogens is 1. The van der Waals surface area contributed by atoms with Gasteiger partial charge in [0.15, 0.2) is 0 Å². The number of rotatable bonds is 6. The molecule has 1 aliphatic rings. The van der Waals surface area contributed by atoms with Crippen molar-refractivity contribution in [2.24, 2.45) is 5.92 Å². The predicted octanol–water partition coefficient (Wildman–Crippen LogP) is 6.56. The normalized spacial score (nSPS) is 17.8. The molecule has 0 fully saturated rings. The van der Waals surface area contributed by atoms with Crippen molar-refractivity contribution in [3.63, 3.8) is 0 Å². The standard InChI is InChI=1S/C26H30F2N2/c1-5-16(3)17(4)15-30-12-11-20-19-9-7-8-10-23(19)29-25(20)26(30)24-21(27)13-18(6-2)14-22(24)28/h7-10,13-14,17,26,29H,3,5-6,11-12,15H2,1-2,4H3. The first kappa shape index (κ1) is 20.8. The maximum absolute atomic E-state index is 15.3. The third-order valence-corrected chi connectivity index (χ3v) is 6.61. The second kappa shape index (κ2) is 8.35. The van der Waals surface area contributed by atoms with E-state index >= 15 is 8.78 Å². The number of hydrogen-bond donors (Lipinski definition) is 1. The van der Waals surface area contributed by atoms with Crippen LogP contribution >= 0.6 is 0 Å². The summed E-state index contributed by atoms with van der Waals surface area (Å²) in [4.78, 5) is 5.72. The number of aryl methyl sites for hydroxylation is 1. The Morgan fingerprint density at radius 1 is 1.20 bits per heavy atom. The van der Waals surface area contributed by atoms with Crippen molar-refractivity contribution in [2.75, 3.05) is 13.1 Å². The molecular weight excluding hydrogens is 378 g/mol. The van der Waals surface area contributed by atoms with Gasteiger partial charge < -0.3 is 4.98 Å². The molecule has 4 rings (SSSR count). The molecule has 2 aromatic carbocycles. The van der Waals surface area contributed by atoms with E-state index in [1.54, 1.807) is 0 Å². The van der Waals surface area contributed by atoms with Crippen LogP contribution in [0.4, 0.5) is 8.78 Å². The Morgan fingerprint density at radius 2 is 1.90 bits per heavy atom. The smallest absolute Gasteiger partial charge is 0.131 e. The third kappa shape index (κ3) is 3.58. The van der Waals surface area contributed by atoms with Crippen molar-refractivity contribution in [3.8, 4) is 0 Å². The summed E-state index contributed by atoms with van der Waals surface area (Å²) in [6.45, 7) is 11.8. The van der Waals surface area contributed by atoms with E-state index in [9.17, 15) is 0 Å². The molecule has 2 unspecified atom stereocenters. The fourth-order valence-corrected chi connectivity index (χ4v) is 4.75. The van der Waals surface area contributed by atoms with Crippen LogP contribution in [0.2, 0.25) is 0 Å². The Bertz CT molecular complexity index is 1060. The van der Waals surface area contributed by atoms with E-state index in [1.165, 1.54) is 23.3 Å². The SMILES string of the molecule is C=C(CC)C(C)CN1CCc2c([nH]c3ccccc23)C1c1c(F)cc(CC)cc1F. The molecule has 0 saturated heterocycles. The summed E-state index contributed by atoms with van der Waals surface area (Å²) in [5.74, 6) is -0.671. The van der Waals surface area contributed by atoms with Gasteiger partial charge >= 0.3 is 0 Å². The van der Waals surface area contributed by atoms with Gasteiger partial charge in [0, 0.05) is 35.2 Å². The zero-order valence-corrected chi connectivity index (χ0v) is 18.1. The Kier molecular flexibility index (Phi) is 5.79. The zero-order valence-electron chi connectivity index (χ0n) is 18.1. The number of hydrogen-bond acceptors (Lipinski definition) is 1. The Hall–Kier alpha value is -2.46. The number of nitrogens with zero attached hydrogens (tertiary/aromatic N) is 1. The molecule has 1 N–H and O–H groups in total. The van der Waals surface area contributed by atoms with E-state index in [1.807, 2.05) is 25.1 Å². The fraction of sp³-hybridized carbons (Fsp3) is 0.385. The molecule has 3 aromatic rings. The van der Waals surface area contributed by atoms with Crippen LogP contribution < -0.4 is 0 Å². The zero-order chi connectivity index (χ0) is 21.4. The first-order valence-electron chi connectivity index (χ1n) is 10.9. The van der Waals surface area contributed by atoms with E-state index in [-0.39, 0.29) is 11.5 Å². The average Bonchev–Trinajstić information content (AvgIpc) is 3.12. The van der Waals surface area contributed by atoms with E-state index in [2.05, 4.69) is 36.4 Å². The first-order chi connectivity index (χ1) is 14.4. The highest BCUT2D eigenvalue weighted by molar-refractivity contribution is 5.85. The highest BCUT2D eigenvalue weighted by atomic mass is 19.1. The summed E-state index contributed by atoms with van der Waals surface area (Å²) in [6.07, 6.45) is 2.37.